The first-order valence-corrected chi connectivity index (χ1v) is 14.0. The van der Waals surface area contributed by atoms with E-state index in [2.05, 4.69) is 61.7 Å². The van der Waals surface area contributed by atoms with Crippen molar-refractivity contribution in [1.29, 1.82) is 0 Å². The maximum Gasteiger partial charge on any atom is 0.221 e. The summed E-state index contributed by atoms with van der Waals surface area (Å²) in [6.45, 7) is 15.9. The Morgan fingerprint density at radius 3 is 2.23 bits per heavy atom. The van der Waals surface area contributed by atoms with Crippen molar-refractivity contribution in [3.63, 3.8) is 0 Å². The maximum atomic E-state index is 14.0. The first kappa shape index (κ1) is 27.9. The van der Waals surface area contributed by atoms with Gasteiger partial charge < -0.3 is 20.6 Å². The third-order valence-electron chi connectivity index (χ3n) is 10.1. The van der Waals surface area contributed by atoms with Crippen LogP contribution in [0.15, 0.2) is 46.9 Å². The maximum absolute atomic E-state index is 14.0. The number of carbonyl (C=O) groups excluding carboxylic acids is 3. The van der Waals surface area contributed by atoms with Crippen molar-refractivity contribution in [2.75, 3.05) is 24.3 Å². The van der Waals surface area contributed by atoms with E-state index in [0.717, 1.165) is 22.5 Å². The molecule has 8 heteroatoms. The second kappa shape index (κ2) is 8.91. The van der Waals surface area contributed by atoms with Crippen LogP contribution in [0.4, 0.5) is 11.4 Å². The minimum atomic E-state index is -0.889. The average molecular weight is 546 g/mol. The van der Waals surface area contributed by atoms with Gasteiger partial charge >= 0.3 is 0 Å². The first-order chi connectivity index (χ1) is 18.5. The molecule has 1 aromatic carbocycles. The number of aliphatic hydroxyl groups excluding tert-OH is 1. The van der Waals surface area contributed by atoms with Gasteiger partial charge in [0.05, 0.1) is 11.3 Å². The van der Waals surface area contributed by atoms with Gasteiger partial charge in [-0.2, -0.15) is 0 Å². The van der Waals surface area contributed by atoms with E-state index in [1.165, 1.54) is 13.8 Å². The molecule has 0 radical (unpaired) electrons. The Bertz CT molecular complexity index is 1510. The predicted octanol–water partition coefficient (Wildman–Crippen LogP) is 4.33. The van der Waals surface area contributed by atoms with E-state index in [9.17, 15) is 19.5 Å². The number of nitrogens with zero attached hydrogens (tertiary/aromatic N) is 2. The van der Waals surface area contributed by atoms with Crippen LogP contribution in [0.1, 0.15) is 72.4 Å². The number of Topliss-reactive ketones (excluding diaryl/α,β-unsaturated/α-hetero) is 1. The molecule has 5 rings (SSSR count). The van der Waals surface area contributed by atoms with Crippen LogP contribution in [0.5, 0.6) is 0 Å². The molecule has 2 amide bonds. The summed E-state index contributed by atoms with van der Waals surface area (Å²) in [5, 5.41) is 17.4. The summed E-state index contributed by atoms with van der Waals surface area (Å²) in [7, 11) is 4.06. The molecule has 0 spiro atoms. The van der Waals surface area contributed by atoms with E-state index in [4.69, 9.17) is 0 Å². The van der Waals surface area contributed by atoms with Gasteiger partial charge in [-0.1, -0.05) is 19.9 Å². The highest BCUT2D eigenvalue weighted by Gasteiger charge is 2.53. The summed E-state index contributed by atoms with van der Waals surface area (Å²) in [5.41, 5.74) is 5.76. The zero-order valence-corrected chi connectivity index (χ0v) is 25.2. The smallest absolute Gasteiger partial charge is 0.221 e. The molecule has 4 atom stereocenters. The van der Waals surface area contributed by atoms with Crippen molar-refractivity contribution in [2.24, 2.45) is 11.3 Å². The van der Waals surface area contributed by atoms with Crippen molar-refractivity contribution in [1.82, 2.24) is 5.32 Å². The monoisotopic (exact) mass is 545 g/mol. The molecule has 40 heavy (non-hydrogen) atoms. The normalized spacial score (nSPS) is 28.1. The number of fused-ring (bicyclic) bond motifs is 2. The lowest BCUT2D eigenvalue weighted by Crippen LogP contribution is -2.39. The quantitative estimate of drug-likeness (QED) is 0.489. The number of rotatable bonds is 4. The zero-order valence-electron chi connectivity index (χ0n) is 25.2. The Kier molecular flexibility index (Phi) is 6.21. The van der Waals surface area contributed by atoms with Gasteiger partial charge in [0.15, 0.2) is 11.8 Å². The minimum absolute atomic E-state index is 0.0208. The number of likely N-dealkylation sites (N-methyl/N-ethyl adjacent to an activating group) is 1. The summed E-state index contributed by atoms with van der Waals surface area (Å²) >= 11 is 0. The zero-order chi connectivity index (χ0) is 29.6. The Morgan fingerprint density at radius 1 is 1.02 bits per heavy atom. The molecule has 4 aliphatic rings. The fourth-order valence-electron chi connectivity index (χ4n) is 6.92. The van der Waals surface area contributed by atoms with Crippen LogP contribution >= 0.6 is 0 Å². The lowest BCUT2D eigenvalue weighted by molar-refractivity contribution is -0.537. The van der Waals surface area contributed by atoms with Crippen LogP contribution in [0.3, 0.4) is 0 Å². The van der Waals surface area contributed by atoms with Crippen LogP contribution in [0, 0.1) is 11.3 Å². The van der Waals surface area contributed by atoms with Crippen molar-refractivity contribution >= 4 is 34.7 Å². The van der Waals surface area contributed by atoms with E-state index < -0.39 is 11.8 Å². The fourth-order valence-corrected chi connectivity index (χ4v) is 6.92. The number of allylic oxidation sites excluding steroid dienone is 3. The third kappa shape index (κ3) is 3.79. The summed E-state index contributed by atoms with van der Waals surface area (Å²) in [6, 6.07) is 4.31. The van der Waals surface area contributed by atoms with E-state index in [-0.39, 0.29) is 51.8 Å². The van der Waals surface area contributed by atoms with Crippen LogP contribution in [0.25, 0.3) is 0 Å². The van der Waals surface area contributed by atoms with Crippen molar-refractivity contribution < 1.29 is 24.1 Å². The number of aliphatic hydroxyl groups is 1. The number of nitrogens with one attached hydrogen (secondary N) is 2. The van der Waals surface area contributed by atoms with Gasteiger partial charge in [-0.15, -0.1) is 0 Å². The molecule has 2 heterocycles. The fraction of sp³-hybridized carbons (Fsp3) is 0.500. The molecule has 2 aliphatic carbocycles. The molecule has 212 valence electrons. The van der Waals surface area contributed by atoms with Crippen molar-refractivity contribution in [3.05, 3.63) is 58.0 Å². The third-order valence-corrected chi connectivity index (χ3v) is 10.1. The molecule has 2 aliphatic heterocycles. The van der Waals surface area contributed by atoms with E-state index in [0.29, 0.717) is 16.9 Å². The number of anilines is 2. The number of hydrogen-bond acceptors (Lipinski definition) is 5. The molecule has 0 fully saturated rings. The highest BCUT2D eigenvalue weighted by atomic mass is 16.3. The number of hydrogen-bond donors (Lipinski definition) is 3. The molecule has 0 aromatic heterocycles. The second-order valence-electron chi connectivity index (χ2n) is 13.0. The largest absolute Gasteiger partial charge is 0.511 e. The molecule has 0 bridgehead atoms. The minimum Gasteiger partial charge on any atom is -0.511 e. The van der Waals surface area contributed by atoms with Gasteiger partial charge in [0.25, 0.3) is 0 Å². The summed E-state index contributed by atoms with van der Waals surface area (Å²) in [4.78, 5) is 40.5. The number of benzene rings is 1. The molecule has 4 unspecified atom stereocenters. The summed E-state index contributed by atoms with van der Waals surface area (Å²) < 4.78 is 2.19. The SMILES string of the molecule is CC(=O)NC1=CC2=[N+](C)C(C)C(C)(C)C2=CC1C1=C(O)C(c2cc3c(cc2NC(C)=O)N(C)C(C)C3(C)C)C1=O. The molecule has 3 N–H and O–H groups in total. The first-order valence-electron chi connectivity index (χ1n) is 14.0. The topological polar surface area (TPSA) is 102 Å². The van der Waals surface area contributed by atoms with Crippen molar-refractivity contribution in [3.8, 4) is 0 Å². The van der Waals surface area contributed by atoms with Crippen LogP contribution in [0.2, 0.25) is 0 Å². The molecule has 0 saturated heterocycles. The van der Waals surface area contributed by atoms with Crippen LogP contribution in [-0.4, -0.2) is 59.2 Å². The highest BCUT2D eigenvalue weighted by Crippen LogP contribution is 2.52. The van der Waals surface area contributed by atoms with Gasteiger partial charge in [0, 0.05) is 66.6 Å². The molecule has 0 saturated carbocycles. The Morgan fingerprint density at radius 2 is 1.65 bits per heavy atom. The van der Waals surface area contributed by atoms with Crippen LogP contribution in [-0.2, 0) is 19.8 Å². The van der Waals surface area contributed by atoms with E-state index in [1.54, 1.807) is 0 Å². The predicted molar refractivity (Wildman–Crippen MR) is 157 cm³/mol. The standard InChI is InChI=1S/C32H40N4O4/c1-15-31(5,6)21-11-19(23(33-17(3)37)13-25(21)35(15)9)27-29(39)28(30(27)40)20-12-22-26(14-24(20)34-18(4)38)36(10)16(2)32(22,7)8/h11-16,19,28H,1-10H3,(H2,34,38,39,40)/p+1. The molecule has 8 nitrogen and oxygen atoms in total. The Labute approximate surface area is 236 Å². The molecular weight excluding hydrogens is 504 g/mol. The van der Waals surface area contributed by atoms with Crippen LogP contribution < -0.4 is 15.5 Å². The summed E-state index contributed by atoms with van der Waals surface area (Å²) in [6.07, 6.45) is 3.96. The van der Waals surface area contributed by atoms with Gasteiger partial charge in [-0.25, -0.2) is 4.58 Å². The van der Waals surface area contributed by atoms with E-state index >= 15 is 0 Å². The summed E-state index contributed by atoms with van der Waals surface area (Å²) in [5.74, 6) is -2.18. The number of ketones is 1. The average Bonchev–Trinajstić information content (AvgIpc) is 3.13. The van der Waals surface area contributed by atoms with Gasteiger partial charge in [0.1, 0.15) is 18.7 Å². The van der Waals surface area contributed by atoms with Gasteiger partial charge in [-0.05, 0) is 51.0 Å². The lowest BCUT2D eigenvalue weighted by Gasteiger charge is -2.36. The number of amides is 2. The second-order valence-corrected chi connectivity index (χ2v) is 13.0. The van der Waals surface area contributed by atoms with Gasteiger partial charge in [0.2, 0.25) is 17.5 Å². The Balaban J connectivity index is 1.64. The molecular formula is C32H41N4O4+. The van der Waals surface area contributed by atoms with Gasteiger partial charge in [-0.3, -0.25) is 14.4 Å². The number of carbonyl (C=O) groups is 3. The van der Waals surface area contributed by atoms with Crippen molar-refractivity contribution in [2.45, 2.75) is 78.8 Å². The highest BCUT2D eigenvalue weighted by molar-refractivity contribution is 6.14. The lowest BCUT2D eigenvalue weighted by atomic mass is 9.67. The Hall–Kier alpha value is -3.68. The molecule has 1 aromatic rings. The van der Waals surface area contributed by atoms with E-state index in [1.807, 2.05) is 38.4 Å².